The number of anilines is 1. The molecule has 3 heterocycles. The lowest BCUT2D eigenvalue weighted by Gasteiger charge is -2.17. The molecule has 5 rings (SSSR count). The molecular formula is C27H24FN7O3. The SMILES string of the molecule is CN(C)C(=O)Nc1cncc(-c2ccc3[nH]nc(C(=O)NC4C=CC(Oc5ccccc5F)=NC4)c3c2)c1. The monoisotopic (exact) mass is 513 g/mol. The van der Waals surface area contributed by atoms with Gasteiger partial charge in [-0.15, -0.1) is 0 Å². The number of nitrogens with zero attached hydrogens (tertiary/aromatic N) is 4. The summed E-state index contributed by atoms with van der Waals surface area (Å²) in [6.07, 6.45) is 6.57. The molecule has 3 amide bonds. The smallest absolute Gasteiger partial charge is 0.321 e. The van der Waals surface area contributed by atoms with E-state index in [2.05, 4.69) is 30.8 Å². The van der Waals surface area contributed by atoms with E-state index in [-0.39, 0.29) is 41.9 Å². The number of aliphatic imine (C=N–C) groups is 1. The maximum absolute atomic E-state index is 13.8. The Balaban J connectivity index is 1.29. The van der Waals surface area contributed by atoms with Crippen LogP contribution in [0.1, 0.15) is 10.5 Å². The normalized spacial score (nSPS) is 14.6. The number of aromatic nitrogens is 3. The van der Waals surface area contributed by atoms with Crippen LogP contribution in [0.5, 0.6) is 5.75 Å². The van der Waals surface area contributed by atoms with E-state index in [1.807, 2.05) is 18.2 Å². The van der Waals surface area contributed by atoms with Crippen molar-refractivity contribution in [2.45, 2.75) is 6.04 Å². The summed E-state index contributed by atoms with van der Waals surface area (Å²) in [5.41, 5.74) is 3.05. The van der Waals surface area contributed by atoms with Gasteiger partial charge in [-0.3, -0.25) is 14.9 Å². The van der Waals surface area contributed by atoms with Gasteiger partial charge in [-0.1, -0.05) is 24.3 Å². The van der Waals surface area contributed by atoms with Gasteiger partial charge < -0.3 is 20.3 Å². The summed E-state index contributed by atoms with van der Waals surface area (Å²) in [6.45, 7) is 0.233. The molecule has 1 aliphatic heterocycles. The molecule has 0 saturated heterocycles. The van der Waals surface area contributed by atoms with Crippen LogP contribution in [-0.4, -0.2) is 64.6 Å². The van der Waals surface area contributed by atoms with Gasteiger partial charge in [0.2, 0.25) is 5.90 Å². The van der Waals surface area contributed by atoms with Crippen molar-refractivity contribution in [1.29, 1.82) is 0 Å². The first-order valence-electron chi connectivity index (χ1n) is 11.7. The molecule has 11 heteroatoms. The number of ether oxygens (including phenoxy) is 1. The lowest BCUT2D eigenvalue weighted by molar-refractivity contribution is 0.0941. The predicted molar refractivity (Wildman–Crippen MR) is 142 cm³/mol. The highest BCUT2D eigenvalue weighted by Gasteiger charge is 2.20. The second-order valence-corrected chi connectivity index (χ2v) is 8.77. The zero-order valence-electron chi connectivity index (χ0n) is 20.6. The topological polar surface area (TPSA) is 125 Å². The van der Waals surface area contributed by atoms with Gasteiger partial charge in [0, 0.05) is 31.2 Å². The maximum Gasteiger partial charge on any atom is 0.321 e. The number of dihydropyridines is 1. The van der Waals surface area contributed by atoms with Crippen LogP contribution in [0.15, 0.2) is 78.1 Å². The Morgan fingerprint density at radius 2 is 1.95 bits per heavy atom. The molecule has 1 aliphatic rings. The molecule has 0 spiro atoms. The summed E-state index contributed by atoms with van der Waals surface area (Å²) in [7, 11) is 3.31. The molecule has 0 saturated carbocycles. The summed E-state index contributed by atoms with van der Waals surface area (Å²) < 4.78 is 19.3. The van der Waals surface area contributed by atoms with Crippen molar-refractivity contribution in [1.82, 2.24) is 25.4 Å². The van der Waals surface area contributed by atoms with Crippen LogP contribution in [0.25, 0.3) is 22.0 Å². The van der Waals surface area contributed by atoms with E-state index in [0.29, 0.717) is 16.6 Å². The molecule has 1 atom stereocenters. The predicted octanol–water partition coefficient (Wildman–Crippen LogP) is 4.00. The summed E-state index contributed by atoms with van der Waals surface area (Å²) in [5.74, 6) is -0.516. The van der Waals surface area contributed by atoms with Crippen LogP contribution in [0.4, 0.5) is 14.9 Å². The first kappa shape index (κ1) is 24.6. The standard InChI is InChI=1S/C27H24FN7O3/c1-35(2)27(37)32-19-11-17(13-29-14-19)16-7-9-22-20(12-16)25(34-33-22)26(36)31-18-8-10-24(30-15-18)38-23-6-4-3-5-21(23)28/h3-14,18H,15H2,1-2H3,(H,31,36)(H,32,37)(H,33,34). The number of rotatable bonds is 5. The molecule has 0 radical (unpaired) electrons. The third-order valence-corrected chi connectivity index (χ3v) is 5.79. The highest BCUT2D eigenvalue weighted by molar-refractivity contribution is 6.06. The summed E-state index contributed by atoms with van der Waals surface area (Å²) in [6, 6.07) is 12.8. The fourth-order valence-corrected chi connectivity index (χ4v) is 3.81. The van der Waals surface area contributed by atoms with Gasteiger partial charge in [0.05, 0.1) is 30.0 Å². The lowest BCUT2D eigenvalue weighted by atomic mass is 10.0. The van der Waals surface area contributed by atoms with Crippen molar-refractivity contribution in [3.63, 3.8) is 0 Å². The van der Waals surface area contributed by atoms with Crippen molar-refractivity contribution in [3.05, 3.63) is 84.6 Å². The van der Waals surface area contributed by atoms with E-state index in [4.69, 9.17) is 4.74 Å². The number of urea groups is 1. The first-order valence-corrected chi connectivity index (χ1v) is 11.7. The summed E-state index contributed by atoms with van der Waals surface area (Å²) in [5, 5.41) is 13.4. The van der Waals surface area contributed by atoms with Gasteiger partial charge in [0.1, 0.15) is 0 Å². The highest BCUT2D eigenvalue weighted by atomic mass is 19.1. The largest absolute Gasteiger partial charge is 0.436 e. The van der Waals surface area contributed by atoms with E-state index in [0.717, 1.165) is 11.1 Å². The molecule has 0 bridgehead atoms. The molecule has 192 valence electrons. The third kappa shape index (κ3) is 5.36. The van der Waals surface area contributed by atoms with Crippen molar-refractivity contribution in [2.75, 3.05) is 26.0 Å². The van der Waals surface area contributed by atoms with Gasteiger partial charge in [0.25, 0.3) is 5.91 Å². The molecule has 0 fully saturated rings. The molecule has 2 aromatic heterocycles. The fourth-order valence-electron chi connectivity index (χ4n) is 3.81. The Kier molecular flexibility index (Phi) is 6.81. The van der Waals surface area contributed by atoms with E-state index < -0.39 is 5.82 Å². The molecule has 38 heavy (non-hydrogen) atoms. The molecule has 4 aromatic rings. The minimum absolute atomic E-state index is 0.0815. The maximum atomic E-state index is 13.8. The van der Waals surface area contributed by atoms with Crippen molar-refractivity contribution in [2.24, 2.45) is 4.99 Å². The number of fused-ring (bicyclic) bond motifs is 1. The van der Waals surface area contributed by atoms with Crippen LogP contribution >= 0.6 is 0 Å². The van der Waals surface area contributed by atoms with Crippen molar-refractivity contribution >= 4 is 34.4 Å². The molecule has 0 aliphatic carbocycles. The van der Waals surface area contributed by atoms with Crippen LogP contribution in [-0.2, 0) is 0 Å². The van der Waals surface area contributed by atoms with Gasteiger partial charge in [0.15, 0.2) is 17.3 Å². The molecular weight excluding hydrogens is 489 g/mol. The quantitative estimate of drug-likeness (QED) is 0.372. The number of H-pyrrole nitrogens is 1. The minimum Gasteiger partial charge on any atom is -0.436 e. The molecule has 2 aromatic carbocycles. The minimum atomic E-state index is -0.482. The number of pyridine rings is 1. The Morgan fingerprint density at radius 1 is 1.11 bits per heavy atom. The highest BCUT2D eigenvalue weighted by Crippen LogP contribution is 2.27. The number of nitrogens with one attached hydrogen (secondary N) is 3. The number of benzene rings is 2. The molecule has 10 nitrogen and oxygen atoms in total. The van der Waals surface area contributed by atoms with Gasteiger partial charge >= 0.3 is 6.03 Å². The van der Waals surface area contributed by atoms with Gasteiger partial charge in [-0.2, -0.15) is 5.10 Å². The fraction of sp³-hybridized carbons (Fsp3) is 0.148. The average Bonchev–Trinajstić information content (AvgIpc) is 3.35. The number of amides is 3. The van der Waals surface area contributed by atoms with E-state index in [9.17, 15) is 14.0 Å². The summed E-state index contributed by atoms with van der Waals surface area (Å²) in [4.78, 5) is 35.0. The number of carbonyl (C=O) groups is 2. The molecule has 1 unspecified atom stereocenters. The van der Waals surface area contributed by atoms with E-state index in [1.165, 1.54) is 17.0 Å². The average molecular weight is 514 g/mol. The lowest BCUT2D eigenvalue weighted by Crippen LogP contribution is -2.37. The Hall–Kier alpha value is -5.06. The second-order valence-electron chi connectivity index (χ2n) is 8.77. The Bertz CT molecular complexity index is 1580. The Morgan fingerprint density at radius 3 is 2.71 bits per heavy atom. The van der Waals surface area contributed by atoms with E-state index >= 15 is 0 Å². The van der Waals surface area contributed by atoms with Crippen molar-refractivity contribution < 1.29 is 18.7 Å². The number of carbonyl (C=O) groups excluding carboxylic acids is 2. The number of hydrogen-bond donors (Lipinski definition) is 3. The number of halogens is 1. The van der Waals surface area contributed by atoms with Crippen LogP contribution in [0.3, 0.4) is 0 Å². The van der Waals surface area contributed by atoms with Crippen LogP contribution < -0.4 is 15.4 Å². The van der Waals surface area contributed by atoms with E-state index in [1.54, 1.807) is 56.8 Å². The molecule has 3 N–H and O–H groups in total. The number of para-hydroxylation sites is 1. The number of aromatic amines is 1. The second kappa shape index (κ2) is 10.5. The number of hydrogen-bond acceptors (Lipinski definition) is 6. The van der Waals surface area contributed by atoms with Gasteiger partial charge in [-0.05, 0) is 42.0 Å². The third-order valence-electron chi connectivity index (χ3n) is 5.79. The zero-order chi connectivity index (χ0) is 26.6. The van der Waals surface area contributed by atoms with Crippen LogP contribution in [0, 0.1) is 5.82 Å². The summed E-state index contributed by atoms with van der Waals surface area (Å²) >= 11 is 0. The van der Waals surface area contributed by atoms with Crippen molar-refractivity contribution in [3.8, 4) is 16.9 Å². The van der Waals surface area contributed by atoms with Crippen LogP contribution in [0.2, 0.25) is 0 Å². The van der Waals surface area contributed by atoms with Gasteiger partial charge in [-0.25, -0.2) is 14.2 Å². The zero-order valence-corrected chi connectivity index (χ0v) is 20.6. The first-order chi connectivity index (χ1) is 18.4. The Labute approximate surface area is 217 Å².